The molecule has 1 aliphatic heterocycles. The van der Waals surface area contributed by atoms with Gasteiger partial charge in [-0.25, -0.2) is 4.39 Å². The van der Waals surface area contributed by atoms with Crippen LogP contribution in [0.15, 0.2) is 42.5 Å². The van der Waals surface area contributed by atoms with E-state index < -0.39 is 0 Å². The lowest BCUT2D eigenvalue weighted by atomic mass is 10.0. The number of aryl methyl sites for hydroxylation is 1. The molecule has 21 heavy (non-hydrogen) atoms. The van der Waals surface area contributed by atoms with E-state index in [1.165, 1.54) is 6.07 Å². The Balaban J connectivity index is 1.87. The Hall–Kier alpha value is -1.87. The van der Waals surface area contributed by atoms with Crippen LogP contribution >= 0.6 is 11.6 Å². The second-order valence-corrected chi connectivity index (χ2v) is 5.66. The molecule has 2 aromatic carbocycles. The van der Waals surface area contributed by atoms with Crippen molar-refractivity contribution in [2.24, 2.45) is 0 Å². The van der Waals surface area contributed by atoms with Gasteiger partial charge in [0.2, 0.25) is 0 Å². The molecule has 3 rings (SSSR count). The summed E-state index contributed by atoms with van der Waals surface area (Å²) in [6, 6.07) is 12.2. The van der Waals surface area contributed by atoms with Crippen LogP contribution in [-0.4, -0.2) is 17.4 Å². The van der Waals surface area contributed by atoms with E-state index in [1.807, 2.05) is 24.3 Å². The zero-order chi connectivity index (χ0) is 14.8. The molecule has 0 bridgehead atoms. The highest BCUT2D eigenvalue weighted by Crippen LogP contribution is 2.22. The third-order valence-corrected chi connectivity index (χ3v) is 4.02. The first-order valence-electron chi connectivity index (χ1n) is 6.96. The number of amides is 1. The molecule has 1 heterocycles. The highest BCUT2D eigenvalue weighted by Gasteiger charge is 2.22. The average Bonchev–Trinajstić information content (AvgIpc) is 2.63. The molecule has 0 radical (unpaired) electrons. The maximum absolute atomic E-state index is 13.9. The SMILES string of the molecule is O=C1c2ccccc2CCCN1Cc1ccc(Cl)cc1F. The van der Waals surface area contributed by atoms with Crippen LogP contribution in [0.2, 0.25) is 5.02 Å². The van der Waals surface area contributed by atoms with Crippen LogP contribution in [0.3, 0.4) is 0 Å². The number of rotatable bonds is 2. The molecule has 0 fully saturated rings. The number of fused-ring (bicyclic) bond motifs is 1. The van der Waals surface area contributed by atoms with Crippen LogP contribution in [0.4, 0.5) is 4.39 Å². The predicted molar refractivity (Wildman–Crippen MR) is 80.9 cm³/mol. The molecule has 0 aromatic heterocycles. The largest absolute Gasteiger partial charge is 0.334 e. The molecule has 1 amide bonds. The van der Waals surface area contributed by atoms with Gasteiger partial charge < -0.3 is 4.90 Å². The summed E-state index contributed by atoms with van der Waals surface area (Å²) in [6.07, 6.45) is 1.76. The Kier molecular flexibility index (Phi) is 3.93. The van der Waals surface area contributed by atoms with Crippen molar-refractivity contribution in [1.82, 2.24) is 4.90 Å². The van der Waals surface area contributed by atoms with E-state index in [2.05, 4.69) is 0 Å². The number of hydrogen-bond donors (Lipinski definition) is 0. The Morgan fingerprint density at radius 2 is 2.00 bits per heavy atom. The zero-order valence-corrected chi connectivity index (χ0v) is 12.2. The minimum atomic E-state index is -0.368. The first kappa shape index (κ1) is 14.1. The van der Waals surface area contributed by atoms with E-state index in [1.54, 1.807) is 17.0 Å². The Bertz CT molecular complexity index is 686. The van der Waals surface area contributed by atoms with Crippen LogP contribution in [-0.2, 0) is 13.0 Å². The molecule has 1 aliphatic rings. The summed E-state index contributed by atoms with van der Waals surface area (Å²) in [6.45, 7) is 0.908. The molecule has 0 spiro atoms. The smallest absolute Gasteiger partial charge is 0.254 e. The number of hydrogen-bond acceptors (Lipinski definition) is 1. The predicted octanol–water partition coefficient (Wildman–Crippen LogP) is 4.07. The molecule has 2 nitrogen and oxygen atoms in total. The van der Waals surface area contributed by atoms with Crippen molar-refractivity contribution in [3.05, 3.63) is 70.0 Å². The summed E-state index contributed by atoms with van der Waals surface area (Å²) in [5.41, 5.74) is 2.29. The van der Waals surface area contributed by atoms with Gasteiger partial charge in [0.1, 0.15) is 5.82 Å². The number of carbonyl (C=O) groups is 1. The lowest BCUT2D eigenvalue weighted by Crippen LogP contribution is -2.30. The molecular weight excluding hydrogens is 289 g/mol. The fraction of sp³-hybridized carbons (Fsp3) is 0.235. The minimum absolute atomic E-state index is 0.0301. The molecule has 0 atom stereocenters. The Morgan fingerprint density at radius 1 is 1.19 bits per heavy atom. The van der Waals surface area contributed by atoms with Crippen molar-refractivity contribution in [2.45, 2.75) is 19.4 Å². The van der Waals surface area contributed by atoms with Gasteiger partial charge in [0.25, 0.3) is 5.91 Å². The van der Waals surface area contributed by atoms with E-state index in [9.17, 15) is 9.18 Å². The molecule has 4 heteroatoms. The van der Waals surface area contributed by atoms with Crippen LogP contribution < -0.4 is 0 Å². The Labute approximate surface area is 128 Å². The van der Waals surface area contributed by atoms with Crippen molar-refractivity contribution in [3.63, 3.8) is 0 Å². The summed E-state index contributed by atoms with van der Waals surface area (Å²) >= 11 is 5.76. The quantitative estimate of drug-likeness (QED) is 0.819. The van der Waals surface area contributed by atoms with Gasteiger partial charge in [-0.1, -0.05) is 35.9 Å². The highest BCUT2D eigenvalue weighted by atomic mass is 35.5. The summed E-state index contributed by atoms with van der Waals surface area (Å²) in [4.78, 5) is 14.3. The van der Waals surface area contributed by atoms with E-state index in [0.717, 1.165) is 24.0 Å². The van der Waals surface area contributed by atoms with Crippen molar-refractivity contribution in [1.29, 1.82) is 0 Å². The molecule has 0 unspecified atom stereocenters. The average molecular weight is 304 g/mol. The summed E-state index contributed by atoms with van der Waals surface area (Å²) < 4.78 is 13.9. The maximum atomic E-state index is 13.9. The lowest BCUT2D eigenvalue weighted by Gasteiger charge is -2.21. The number of benzene rings is 2. The topological polar surface area (TPSA) is 20.3 Å². The minimum Gasteiger partial charge on any atom is -0.334 e. The highest BCUT2D eigenvalue weighted by molar-refractivity contribution is 6.30. The summed E-state index contributed by atoms with van der Waals surface area (Å²) in [5.74, 6) is -0.398. The third kappa shape index (κ3) is 2.93. The van der Waals surface area contributed by atoms with Gasteiger partial charge in [0, 0.05) is 29.2 Å². The molecule has 108 valence electrons. The second-order valence-electron chi connectivity index (χ2n) is 5.22. The lowest BCUT2D eigenvalue weighted by molar-refractivity contribution is 0.0747. The van der Waals surface area contributed by atoms with Gasteiger partial charge in [0.05, 0.1) is 0 Å². The molecule has 2 aromatic rings. The standard InChI is InChI=1S/C17H15ClFNO/c18-14-8-7-13(16(19)10-14)11-20-9-3-5-12-4-1-2-6-15(12)17(20)21/h1-2,4,6-8,10H,3,5,9,11H2. The van der Waals surface area contributed by atoms with Crippen LogP contribution in [0.25, 0.3) is 0 Å². The van der Waals surface area contributed by atoms with Crippen LogP contribution in [0.1, 0.15) is 27.9 Å². The van der Waals surface area contributed by atoms with Crippen molar-refractivity contribution in [3.8, 4) is 0 Å². The maximum Gasteiger partial charge on any atom is 0.254 e. The van der Waals surface area contributed by atoms with Crippen molar-refractivity contribution >= 4 is 17.5 Å². The van der Waals surface area contributed by atoms with Gasteiger partial charge in [0.15, 0.2) is 0 Å². The van der Waals surface area contributed by atoms with Crippen molar-refractivity contribution in [2.75, 3.05) is 6.54 Å². The number of carbonyl (C=O) groups excluding carboxylic acids is 1. The normalized spacial score (nSPS) is 14.8. The van der Waals surface area contributed by atoms with E-state index in [-0.39, 0.29) is 18.3 Å². The Morgan fingerprint density at radius 3 is 2.81 bits per heavy atom. The van der Waals surface area contributed by atoms with E-state index >= 15 is 0 Å². The third-order valence-electron chi connectivity index (χ3n) is 3.79. The molecule has 0 saturated heterocycles. The van der Waals surface area contributed by atoms with Gasteiger partial charge in [-0.05, 0) is 36.6 Å². The van der Waals surface area contributed by atoms with E-state index in [4.69, 9.17) is 11.6 Å². The molecular formula is C17H15ClFNO. The summed E-state index contributed by atoms with van der Waals surface area (Å²) in [7, 11) is 0. The van der Waals surface area contributed by atoms with Gasteiger partial charge >= 0.3 is 0 Å². The van der Waals surface area contributed by atoms with Crippen LogP contribution in [0.5, 0.6) is 0 Å². The first-order chi connectivity index (χ1) is 10.1. The van der Waals surface area contributed by atoms with E-state index in [0.29, 0.717) is 17.1 Å². The monoisotopic (exact) mass is 303 g/mol. The zero-order valence-electron chi connectivity index (χ0n) is 11.5. The summed E-state index contributed by atoms with van der Waals surface area (Å²) in [5, 5.41) is 0.365. The van der Waals surface area contributed by atoms with Gasteiger partial charge in [-0.15, -0.1) is 0 Å². The first-order valence-corrected chi connectivity index (χ1v) is 7.34. The number of halogens is 2. The fourth-order valence-electron chi connectivity index (χ4n) is 2.69. The number of nitrogens with zero attached hydrogens (tertiary/aromatic N) is 1. The molecule has 0 N–H and O–H groups in total. The fourth-order valence-corrected chi connectivity index (χ4v) is 2.84. The van der Waals surface area contributed by atoms with Crippen LogP contribution in [0, 0.1) is 5.82 Å². The second kappa shape index (κ2) is 5.86. The molecule has 0 aliphatic carbocycles. The van der Waals surface area contributed by atoms with Crippen molar-refractivity contribution < 1.29 is 9.18 Å². The van der Waals surface area contributed by atoms with Gasteiger partial charge in [-0.3, -0.25) is 4.79 Å². The van der Waals surface area contributed by atoms with Gasteiger partial charge in [-0.2, -0.15) is 0 Å². The molecule has 0 saturated carbocycles.